The summed E-state index contributed by atoms with van der Waals surface area (Å²) in [6.07, 6.45) is 0. The number of pyridine rings is 1. The summed E-state index contributed by atoms with van der Waals surface area (Å²) >= 11 is 5.92. The van der Waals surface area contributed by atoms with Gasteiger partial charge >= 0.3 is 5.69 Å². The number of rotatable bonds is 5. The van der Waals surface area contributed by atoms with Gasteiger partial charge in [0.15, 0.2) is 5.76 Å². The summed E-state index contributed by atoms with van der Waals surface area (Å²) in [4.78, 5) is 14.7. The first-order valence-electron chi connectivity index (χ1n) is 7.63. The summed E-state index contributed by atoms with van der Waals surface area (Å²) in [6, 6.07) is 7.51. The molecule has 0 amide bonds. The van der Waals surface area contributed by atoms with Crippen molar-refractivity contribution >= 4 is 23.0 Å². The molecule has 1 N–H and O–H groups in total. The van der Waals surface area contributed by atoms with Gasteiger partial charge in [-0.05, 0) is 38.1 Å². The number of hydrogen-bond acceptors (Lipinski definition) is 6. The van der Waals surface area contributed by atoms with Crippen LogP contribution in [0.4, 0.5) is 15.8 Å². The molecule has 0 spiro atoms. The highest BCUT2D eigenvalue weighted by Crippen LogP contribution is 2.35. The Morgan fingerprint density at radius 2 is 2.00 bits per heavy atom. The highest BCUT2D eigenvalue weighted by Gasteiger charge is 2.24. The summed E-state index contributed by atoms with van der Waals surface area (Å²) in [6.45, 7) is 3.60. The van der Waals surface area contributed by atoms with Gasteiger partial charge in [-0.1, -0.05) is 16.8 Å². The Kier molecular flexibility index (Phi) is 4.85. The van der Waals surface area contributed by atoms with Crippen LogP contribution in [0.15, 0.2) is 34.9 Å². The minimum absolute atomic E-state index is 0.162. The highest BCUT2D eigenvalue weighted by atomic mass is 35.5. The third-order valence-electron chi connectivity index (χ3n) is 3.94. The van der Waals surface area contributed by atoms with Crippen molar-refractivity contribution < 1.29 is 13.8 Å². The number of nitro groups is 1. The normalized spacial score (nSPS) is 10.8. The average Bonchev–Trinajstić information content (AvgIpc) is 3.06. The number of hydrogen-bond donors (Lipinski definition) is 1. The van der Waals surface area contributed by atoms with Gasteiger partial charge in [-0.3, -0.25) is 10.1 Å². The number of nitrogens with one attached hydrogen (secondary N) is 1. The molecule has 0 bridgehead atoms. The molecule has 0 radical (unpaired) electrons. The minimum atomic E-state index is -0.575. The number of aromatic nitrogens is 2. The van der Waals surface area contributed by atoms with Crippen LogP contribution in [0.5, 0.6) is 0 Å². The molecule has 2 aromatic heterocycles. The molecule has 1 aromatic carbocycles. The van der Waals surface area contributed by atoms with Crippen LogP contribution >= 0.6 is 11.6 Å². The largest absolute Gasteiger partial charge is 0.372 e. The van der Waals surface area contributed by atoms with Gasteiger partial charge in [0.05, 0.1) is 11.5 Å². The molecule has 0 aliphatic rings. The summed E-state index contributed by atoms with van der Waals surface area (Å²) in [5, 5.41) is 18.0. The number of benzene rings is 1. The van der Waals surface area contributed by atoms with E-state index in [1.807, 2.05) is 0 Å². The monoisotopic (exact) mass is 376 g/mol. The molecule has 0 unspecified atom stereocenters. The molecule has 0 aliphatic heterocycles. The fourth-order valence-electron chi connectivity index (χ4n) is 2.46. The van der Waals surface area contributed by atoms with Gasteiger partial charge in [0, 0.05) is 22.9 Å². The van der Waals surface area contributed by atoms with E-state index in [-0.39, 0.29) is 28.9 Å². The molecular weight excluding hydrogens is 363 g/mol. The lowest BCUT2D eigenvalue weighted by atomic mass is 10.1. The van der Waals surface area contributed by atoms with Crippen molar-refractivity contribution in [3.8, 4) is 11.3 Å². The number of anilines is 1. The molecule has 3 aromatic rings. The van der Waals surface area contributed by atoms with Crippen LogP contribution in [0.25, 0.3) is 11.3 Å². The summed E-state index contributed by atoms with van der Waals surface area (Å²) in [5.41, 5.74) is 2.45. The van der Waals surface area contributed by atoms with Crippen LogP contribution in [0.2, 0.25) is 5.15 Å². The van der Waals surface area contributed by atoms with Crippen LogP contribution < -0.4 is 5.32 Å². The molecule has 7 nitrogen and oxygen atoms in total. The van der Waals surface area contributed by atoms with Crippen molar-refractivity contribution in [1.29, 1.82) is 0 Å². The SMILES string of the molecule is Cc1nc(Cl)c([N+](=O)[O-])c(NCc2cc(-c3ccc(F)cc3)no2)c1C. The molecule has 0 saturated heterocycles. The van der Waals surface area contributed by atoms with Crippen LogP contribution in [-0.2, 0) is 6.54 Å². The van der Waals surface area contributed by atoms with Crippen molar-refractivity contribution in [2.45, 2.75) is 20.4 Å². The zero-order chi connectivity index (χ0) is 18.8. The lowest BCUT2D eigenvalue weighted by Gasteiger charge is -2.11. The smallest absolute Gasteiger partial charge is 0.329 e. The number of aryl methyl sites for hydroxylation is 1. The van der Waals surface area contributed by atoms with Gasteiger partial charge in [-0.25, -0.2) is 9.37 Å². The van der Waals surface area contributed by atoms with Gasteiger partial charge in [0.1, 0.15) is 17.2 Å². The molecule has 3 rings (SSSR count). The van der Waals surface area contributed by atoms with E-state index < -0.39 is 4.92 Å². The van der Waals surface area contributed by atoms with E-state index in [4.69, 9.17) is 16.1 Å². The predicted molar refractivity (Wildman–Crippen MR) is 94.6 cm³/mol. The van der Waals surface area contributed by atoms with E-state index in [0.717, 1.165) is 0 Å². The zero-order valence-electron chi connectivity index (χ0n) is 13.9. The maximum absolute atomic E-state index is 13.0. The molecule has 0 aliphatic carbocycles. The third-order valence-corrected chi connectivity index (χ3v) is 4.20. The average molecular weight is 377 g/mol. The maximum atomic E-state index is 13.0. The number of nitrogens with zero attached hydrogens (tertiary/aromatic N) is 3. The Labute approximate surface area is 152 Å². The van der Waals surface area contributed by atoms with Gasteiger partial charge < -0.3 is 9.84 Å². The van der Waals surface area contributed by atoms with Crippen molar-refractivity contribution in [3.63, 3.8) is 0 Å². The second-order valence-corrected chi connectivity index (χ2v) is 5.99. The molecule has 26 heavy (non-hydrogen) atoms. The Hall–Kier alpha value is -3.00. The predicted octanol–water partition coefficient (Wildman–Crippen LogP) is 4.67. The second-order valence-electron chi connectivity index (χ2n) is 5.63. The number of halogens is 2. The Morgan fingerprint density at radius 1 is 1.31 bits per heavy atom. The van der Waals surface area contributed by atoms with Crippen molar-refractivity contribution in [3.05, 3.63) is 68.4 Å². The summed E-state index contributed by atoms with van der Waals surface area (Å²) in [5.74, 6) is 0.121. The van der Waals surface area contributed by atoms with Gasteiger partial charge in [-0.2, -0.15) is 0 Å². The summed E-state index contributed by atoms with van der Waals surface area (Å²) < 4.78 is 18.2. The fourth-order valence-corrected chi connectivity index (χ4v) is 2.75. The van der Waals surface area contributed by atoms with Crippen molar-refractivity contribution in [2.75, 3.05) is 5.32 Å². The standard InChI is InChI=1S/C17H14ClFN4O3/c1-9-10(2)21-17(18)16(23(24)25)15(9)20-8-13-7-14(22-26-13)11-3-5-12(19)6-4-11/h3-7H,8H2,1-2H3,(H,20,21). The lowest BCUT2D eigenvalue weighted by molar-refractivity contribution is -0.384. The first-order valence-corrected chi connectivity index (χ1v) is 8.01. The van der Waals surface area contributed by atoms with Gasteiger partial charge in [0.2, 0.25) is 5.15 Å². The molecule has 0 saturated carbocycles. The molecule has 9 heteroatoms. The zero-order valence-corrected chi connectivity index (χ0v) is 14.7. The Balaban J connectivity index is 1.84. The Bertz CT molecular complexity index is 973. The lowest BCUT2D eigenvalue weighted by Crippen LogP contribution is -2.07. The molecule has 0 fully saturated rings. The topological polar surface area (TPSA) is 94.1 Å². The minimum Gasteiger partial charge on any atom is -0.372 e. The third kappa shape index (κ3) is 3.50. The van der Waals surface area contributed by atoms with Crippen molar-refractivity contribution in [2.24, 2.45) is 0 Å². The van der Waals surface area contributed by atoms with E-state index in [1.54, 1.807) is 32.0 Å². The van der Waals surface area contributed by atoms with Crippen LogP contribution in [0, 0.1) is 29.8 Å². The first kappa shape index (κ1) is 17.8. The van der Waals surface area contributed by atoms with E-state index in [1.165, 1.54) is 12.1 Å². The van der Waals surface area contributed by atoms with Crippen LogP contribution in [-0.4, -0.2) is 15.1 Å². The Morgan fingerprint density at radius 3 is 2.65 bits per heavy atom. The fraction of sp³-hybridized carbons (Fsp3) is 0.176. The molecule has 134 valence electrons. The van der Waals surface area contributed by atoms with Gasteiger partial charge in [-0.15, -0.1) is 0 Å². The van der Waals surface area contributed by atoms with Gasteiger partial charge in [0.25, 0.3) is 0 Å². The molecule has 2 heterocycles. The highest BCUT2D eigenvalue weighted by molar-refractivity contribution is 6.32. The van der Waals surface area contributed by atoms with E-state index >= 15 is 0 Å². The van der Waals surface area contributed by atoms with Crippen LogP contribution in [0.1, 0.15) is 17.0 Å². The summed E-state index contributed by atoms with van der Waals surface area (Å²) in [7, 11) is 0. The van der Waals surface area contributed by atoms with E-state index in [2.05, 4.69) is 15.5 Å². The van der Waals surface area contributed by atoms with E-state index in [0.29, 0.717) is 28.3 Å². The van der Waals surface area contributed by atoms with E-state index in [9.17, 15) is 14.5 Å². The first-order chi connectivity index (χ1) is 12.4. The molecule has 0 atom stereocenters. The maximum Gasteiger partial charge on any atom is 0.329 e. The van der Waals surface area contributed by atoms with Crippen molar-refractivity contribution in [1.82, 2.24) is 10.1 Å². The van der Waals surface area contributed by atoms with Crippen LogP contribution in [0.3, 0.4) is 0 Å². The quantitative estimate of drug-likeness (QED) is 0.395. The molecular formula is C17H14ClFN4O3. The second kappa shape index (κ2) is 7.09.